The molecule has 20 heavy (non-hydrogen) atoms. The quantitative estimate of drug-likeness (QED) is 0.708. The third-order valence-electron chi connectivity index (χ3n) is 2.87. The van der Waals surface area contributed by atoms with Crippen molar-refractivity contribution in [2.45, 2.75) is 6.92 Å². The van der Waals surface area contributed by atoms with E-state index in [1.807, 2.05) is 37.3 Å². The van der Waals surface area contributed by atoms with Gasteiger partial charge < -0.3 is 5.32 Å². The van der Waals surface area contributed by atoms with E-state index in [1.165, 1.54) is 11.3 Å². The van der Waals surface area contributed by atoms with E-state index in [2.05, 4.69) is 10.3 Å². The van der Waals surface area contributed by atoms with Crippen LogP contribution in [-0.4, -0.2) is 10.9 Å². The Bertz CT molecular complexity index is 764. The predicted molar refractivity (Wildman–Crippen MR) is 83.8 cm³/mol. The van der Waals surface area contributed by atoms with Crippen molar-refractivity contribution in [2.75, 3.05) is 5.32 Å². The van der Waals surface area contributed by atoms with Gasteiger partial charge in [-0.15, -0.1) is 11.3 Å². The van der Waals surface area contributed by atoms with Crippen LogP contribution >= 0.6 is 22.9 Å². The van der Waals surface area contributed by atoms with Gasteiger partial charge in [0.2, 0.25) is 0 Å². The molecule has 0 aliphatic rings. The maximum Gasteiger partial charge on any atom is 0.265 e. The zero-order valence-corrected chi connectivity index (χ0v) is 12.3. The maximum atomic E-state index is 12.3. The number of anilines is 1. The second-order valence-electron chi connectivity index (χ2n) is 4.45. The second-order valence-corrected chi connectivity index (χ2v) is 5.90. The number of nitrogens with one attached hydrogen (secondary N) is 1. The molecule has 0 spiro atoms. The van der Waals surface area contributed by atoms with Crippen molar-refractivity contribution in [3.63, 3.8) is 0 Å². The Morgan fingerprint density at radius 2 is 2.10 bits per heavy atom. The molecule has 0 radical (unpaired) electrons. The number of amides is 1. The number of carbonyl (C=O) groups is 1. The summed E-state index contributed by atoms with van der Waals surface area (Å²) in [6.07, 6.45) is 1.66. The summed E-state index contributed by atoms with van der Waals surface area (Å²) < 4.78 is 1.09. The Morgan fingerprint density at radius 1 is 1.30 bits per heavy atom. The molecule has 1 aromatic carbocycles. The first-order valence-electron chi connectivity index (χ1n) is 6.05. The van der Waals surface area contributed by atoms with Crippen LogP contribution in [0, 0.1) is 6.92 Å². The fraction of sp³-hybridized carbons (Fsp3) is 0.0667. The molecule has 0 aliphatic heterocycles. The van der Waals surface area contributed by atoms with E-state index in [-0.39, 0.29) is 5.91 Å². The normalized spacial score (nSPS) is 10.7. The number of fused-ring (bicyclic) bond motifs is 1. The molecule has 0 saturated carbocycles. The molecule has 0 unspecified atom stereocenters. The minimum absolute atomic E-state index is 0.166. The van der Waals surface area contributed by atoms with Gasteiger partial charge in [-0.2, -0.15) is 0 Å². The minimum Gasteiger partial charge on any atom is -0.319 e. The van der Waals surface area contributed by atoms with Crippen LogP contribution in [0.15, 0.2) is 42.6 Å². The van der Waals surface area contributed by atoms with E-state index in [1.54, 1.807) is 12.3 Å². The summed E-state index contributed by atoms with van der Waals surface area (Å²) in [6.45, 7) is 1.90. The van der Waals surface area contributed by atoms with Crippen molar-refractivity contribution in [2.24, 2.45) is 0 Å². The lowest BCUT2D eigenvalue weighted by molar-refractivity contribution is 0.103. The highest BCUT2D eigenvalue weighted by atomic mass is 35.5. The zero-order valence-electron chi connectivity index (χ0n) is 10.7. The first-order valence-corrected chi connectivity index (χ1v) is 7.25. The van der Waals surface area contributed by atoms with Crippen molar-refractivity contribution in [1.29, 1.82) is 0 Å². The van der Waals surface area contributed by atoms with Crippen molar-refractivity contribution >= 4 is 44.6 Å². The highest BCUT2D eigenvalue weighted by Gasteiger charge is 2.12. The zero-order chi connectivity index (χ0) is 14.1. The number of pyridine rings is 1. The lowest BCUT2D eigenvalue weighted by Crippen LogP contribution is -2.11. The molecule has 0 atom stereocenters. The summed E-state index contributed by atoms with van der Waals surface area (Å²) in [7, 11) is 0. The smallest absolute Gasteiger partial charge is 0.265 e. The molecule has 1 amide bonds. The Labute approximate surface area is 125 Å². The van der Waals surface area contributed by atoms with Crippen molar-refractivity contribution in [1.82, 2.24) is 4.98 Å². The standard InChI is InChI=1S/C15H11ClN2OS/c1-9-6-11(14(16)17-8-9)18-15(19)13-7-10-4-2-3-5-12(10)20-13/h2-8H,1H3,(H,18,19). The van der Waals surface area contributed by atoms with Crippen LogP contribution in [0.2, 0.25) is 5.15 Å². The van der Waals surface area contributed by atoms with Crippen molar-refractivity contribution in [3.05, 3.63) is 58.2 Å². The number of aryl methyl sites for hydroxylation is 1. The summed E-state index contributed by atoms with van der Waals surface area (Å²) in [5.41, 5.74) is 1.48. The van der Waals surface area contributed by atoms with E-state index in [0.717, 1.165) is 15.6 Å². The molecule has 2 aromatic heterocycles. The molecule has 1 N–H and O–H groups in total. The van der Waals surface area contributed by atoms with Crippen LogP contribution in [0.3, 0.4) is 0 Å². The van der Waals surface area contributed by atoms with Crippen molar-refractivity contribution in [3.8, 4) is 0 Å². The Balaban J connectivity index is 1.90. The summed E-state index contributed by atoms with van der Waals surface area (Å²) in [6, 6.07) is 11.6. The van der Waals surface area contributed by atoms with Crippen molar-refractivity contribution < 1.29 is 4.79 Å². The number of thiophene rings is 1. The molecule has 2 heterocycles. The van der Waals surface area contributed by atoms with Crippen LogP contribution < -0.4 is 5.32 Å². The van der Waals surface area contributed by atoms with E-state index < -0.39 is 0 Å². The number of nitrogens with zero attached hydrogens (tertiary/aromatic N) is 1. The monoisotopic (exact) mass is 302 g/mol. The van der Waals surface area contributed by atoms with Crippen LogP contribution in [0.5, 0.6) is 0 Å². The number of aromatic nitrogens is 1. The van der Waals surface area contributed by atoms with Gasteiger partial charge >= 0.3 is 0 Å². The molecule has 3 nitrogen and oxygen atoms in total. The first kappa shape index (κ1) is 13.1. The molecular weight excluding hydrogens is 292 g/mol. The average molecular weight is 303 g/mol. The highest BCUT2D eigenvalue weighted by Crippen LogP contribution is 2.27. The highest BCUT2D eigenvalue weighted by molar-refractivity contribution is 7.20. The fourth-order valence-electron chi connectivity index (χ4n) is 1.92. The average Bonchev–Trinajstić information content (AvgIpc) is 2.87. The third kappa shape index (κ3) is 2.53. The van der Waals surface area contributed by atoms with Crippen LogP contribution in [-0.2, 0) is 0 Å². The number of halogens is 1. The maximum absolute atomic E-state index is 12.3. The molecule has 0 bridgehead atoms. The van der Waals surface area contributed by atoms with Crippen LogP contribution in [0.4, 0.5) is 5.69 Å². The van der Waals surface area contributed by atoms with Crippen LogP contribution in [0.25, 0.3) is 10.1 Å². The summed E-state index contributed by atoms with van der Waals surface area (Å²) in [4.78, 5) is 16.9. The minimum atomic E-state index is -0.166. The van der Waals surface area contributed by atoms with Gasteiger partial charge in [-0.25, -0.2) is 4.98 Å². The number of hydrogen-bond acceptors (Lipinski definition) is 3. The Kier molecular flexibility index (Phi) is 3.42. The largest absolute Gasteiger partial charge is 0.319 e. The van der Waals surface area contributed by atoms with Gasteiger partial charge in [-0.1, -0.05) is 29.8 Å². The predicted octanol–water partition coefficient (Wildman–Crippen LogP) is 4.51. The SMILES string of the molecule is Cc1cnc(Cl)c(NC(=O)c2cc3ccccc3s2)c1. The molecule has 0 fully saturated rings. The van der Waals surface area contributed by atoms with E-state index in [0.29, 0.717) is 15.7 Å². The van der Waals surface area contributed by atoms with Gasteiger partial charge in [0.15, 0.2) is 5.15 Å². The molecule has 3 rings (SSSR count). The number of hydrogen-bond donors (Lipinski definition) is 1. The summed E-state index contributed by atoms with van der Waals surface area (Å²) in [5.74, 6) is -0.166. The topological polar surface area (TPSA) is 42.0 Å². The number of benzene rings is 1. The van der Waals surface area contributed by atoms with E-state index in [4.69, 9.17) is 11.6 Å². The summed E-state index contributed by atoms with van der Waals surface area (Å²) in [5, 5.41) is 4.17. The molecular formula is C15H11ClN2OS. The Hall–Kier alpha value is -1.91. The molecule has 0 aliphatic carbocycles. The van der Waals surface area contributed by atoms with Gasteiger partial charge in [-0.3, -0.25) is 4.79 Å². The molecule has 5 heteroatoms. The summed E-state index contributed by atoms with van der Waals surface area (Å²) >= 11 is 7.44. The van der Waals surface area contributed by atoms with Gasteiger partial charge in [0.05, 0.1) is 10.6 Å². The van der Waals surface area contributed by atoms with Gasteiger partial charge in [0.25, 0.3) is 5.91 Å². The molecule has 0 saturated heterocycles. The van der Waals surface area contributed by atoms with Gasteiger partial charge in [-0.05, 0) is 36.1 Å². The lowest BCUT2D eigenvalue weighted by atomic mass is 10.2. The second kappa shape index (κ2) is 5.23. The Morgan fingerprint density at radius 3 is 2.90 bits per heavy atom. The van der Waals surface area contributed by atoms with E-state index >= 15 is 0 Å². The third-order valence-corrected chi connectivity index (χ3v) is 4.29. The molecule has 100 valence electrons. The van der Waals surface area contributed by atoms with Crippen LogP contribution in [0.1, 0.15) is 15.2 Å². The number of carbonyl (C=O) groups excluding carboxylic acids is 1. The first-order chi connectivity index (χ1) is 9.63. The lowest BCUT2D eigenvalue weighted by Gasteiger charge is -2.05. The number of rotatable bonds is 2. The fourth-order valence-corrected chi connectivity index (χ4v) is 3.03. The molecule has 3 aromatic rings. The van der Waals surface area contributed by atoms with E-state index in [9.17, 15) is 4.79 Å². The van der Waals surface area contributed by atoms with Gasteiger partial charge in [0.1, 0.15) is 0 Å². The van der Waals surface area contributed by atoms with Gasteiger partial charge in [0, 0.05) is 10.9 Å².